The van der Waals surface area contributed by atoms with Crippen molar-refractivity contribution in [3.63, 3.8) is 0 Å². The molecule has 0 saturated carbocycles. The van der Waals surface area contributed by atoms with Crippen LogP contribution in [0.15, 0.2) is 103 Å². The maximum atomic E-state index is 12.2. The van der Waals surface area contributed by atoms with Crippen molar-refractivity contribution in [2.75, 3.05) is 6.61 Å². The van der Waals surface area contributed by atoms with Gasteiger partial charge in [0, 0.05) is 48.1 Å². The summed E-state index contributed by atoms with van der Waals surface area (Å²) in [6.45, 7) is 2.48. The molecule has 7 rings (SSSR count). The summed E-state index contributed by atoms with van der Waals surface area (Å²) < 4.78 is 14.0. The number of aromatic nitrogens is 3. The first-order valence-corrected chi connectivity index (χ1v) is 16.1. The zero-order chi connectivity index (χ0) is 33.0. The molecule has 2 aliphatic rings. The number of pyridine rings is 1. The number of fused-ring (bicyclic) bond motifs is 1. The van der Waals surface area contributed by atoms with Gasteiger partial charge in [-0.15, -0.1) is 0 Å². The number of amides is 2. The first-order valence-electron chi connectivity index (χ1n) is 16.1. The van der Waals surface area contributed by atoms with Gasteiger partial charge in [-0.1, -0.05) is 35.5 Å². The number of nitrogens with zero attached hydrogens (tertiary/aromatic N) is 4. The number of carbonyl (C=O) groups excluding carboxylic acids is 2. The smallest absolute Gasteiger partial charge is 0.234 e. The SMILES string of the molecule is CC(CCOc1ccc(C2CCC(=O)NC2=O)cc1)Oc1ccc(-n2cc(-c3ccc4c(c3)CC/C4=N/O)c(-c3ccncc3)n2)cc1. The molecule has 5 aromatic rings. The molecule has 10 nitrogen and oxygen atoms in total. The van der Waals surface area contributed by atoms with E-state index in [-0.39, 0.29) is 23.8 Å². The number of hydrogen-bond donors (Lipinski definition) is 2. The maximum absolute atomic E-state index is 12.2. The highest BCUT2D eigenvalue weighted by Crippen LogP contribution is 2.35. The molecule has 3 aromatic carbocycles. The van der Waals surface area contributed by atoms with Gasteiger partial charge in [0.25, 0.3) is 0 Å². The molecule has 2 N–H and O–H groups in total. The van der Waals surface area contributed by atoms with E-state index in [1.165, 1.54) is 0 Å². The van der Waals surface area contributed by atoms with Gasteiger partial charge >= 0.3 is 0 Å². The number of benzene rings is 3. The summed E-state index contributed by atoms with van der Waals surface area (Å²) in [4.78, 5) is 27.8. The number of aryl methyl sites for hydroxylation is 1. The van der Waals surface area contributed by atoms with Crippen LogP contribution in [-0.2, 0) is 16.0 Å². The van der Waals surface area contributed by atoms with Crippen molar-refractivity contribution in [2.24, 2.45) is 5.16 Å². The Morgan fingerprint density at radius 2 is 1.69 bits per heavy atom. The number of piperidine rings is 1. The lowest BCUT2D eigenvalue weighted by Crippen LogP contribution is -2.39. The van der Waals surface area contributed by atoms with Gasteiger partial charge in [-0.05, 0) is 91.4 Å². The second-order valence-corrected chi connectivity index (χ2v) is 12.1. The highest BCUT2D eigenvalue weighted by Gasteiger charge is 2.28. The Kier molecular flexibility index (Phi) is 8.70. The molecule has 0 spiro atoms. The third-order valence-electron chi connectivity index (χ3n) is 8.90. The van der Waals surface area contributed by atoms with Crippen molar-refractivity contribution in [2.45, 2.75) is 51.0 Å². The Hall–Kier alpha value is -5.77. The minimum atomic E-state index is -0.308. The molecule has 1 fully saturated rings. The average molecular weight is 642 g/mol. The van der Waals surface area contributed by atoms with E-state index in [1.54, 1.807) is 12.4 Å². The van der Waals surface area contributed by atoms with Crippen LogP contribution in [0.3, 0.4) is 0 Å². The maximum Gasteiger partial charge on any atom is 0.234 e. The summed E-state index contributed by atoms with van der Waals surface area (Å²) in [5.41, 5.74) is 8.53. The van der Waals surface area contributed by atoms with Crippen molar-refractivity contribution >= 4 is 17.5 Å². The minimum absolute atomic E-state index is 0.0793. The van der Waals surface area contributed by atoms with Gasteiger partial charge in [-0.25, -0.2) is 4.68 Å². The molecular weight excluding hydrogens is 606 g/mol. The number of nitrogens with one attached hydrogen (secondary N) is 1. The van der Waals surface area contributed by atoms with E-state index >= 15 is 0 Å². The molecule has 2 amide bonds. The van der Waals surface area contributed by atoms with E-state index in [9.17, 15) is 14.8 Å². The first kappa shape index (κ1) is 30.9. The third kappa shape index (κ3) is 6.55. The van der Waals surface area contributed by atoms with Crippen LogP contribution in [0.4, 0.5) is 0 Å². The summed E-state index contributed by atoms with van der Waals surface area (Å²) in [6, 6.07) is 25.5. The molecule has 10 heteroatoms. The van der Waals surface area contributed by atoms with Gasteiger partial charge in [0.05, 0.1) is 30.0 Å². The van der Waals surface area contributed by atoms with E-state index in [1.807, 2.05) is 84.5 Å². The summed E-state index contributed by atoms with van der Waals surface area (Å²) in [6.07, 6.45) is 8.63. The van der Waals surface area contributed by atoms with Crippen molar-refractivity contribution < 1.29 is 24.3 Å². The van der Waals surface area contributed by atoms with Crippen molar-refractivity contribution in [1.29, 1.82) is 0 Å². The normalized spacial score (nSPS) is 17.2. The van der Waals surface area contributed by atoms with E-state index < -0.39 is 0 Å². The molecule has 1 saturated heterocycles. The highest BCUT2D eigenvalue weighted by molar-refractivity contribution is 6.04. The average Bonchev–Trinajstić information content (AvgIpc) is 3.74. The number of hydrogen-bond acceptors (Lipinski definition) is 8. The standard InChI is InChI=1S/C38H35N5O5/c1-24(18-21-47-30-8-2-25(3-9-30)33-13-15-36(44)40-38(33)45)48-31-10-6-29(7-11-31)43-23-34(37(41-43)26-16-19-39-20-17-26)28-4-12-32-27(22-28)5-14-35(32)42-46/h2-4,6-12,16-17,19-20,22-24,33,46H,5,13-15,18,21H2,1H3,(H,40,44,45)/b42-35-. The van der Waals surface area contributed by atoms with Crippen LogP contribution in [0.5, 0.6) is 11.5 Å². The highest BCUT2D eigenvalue weighted by atomic mass is 16.5. The minimum Gasteiger partial charge on any atom is -0.493 e. The fraction of sp³-hybridized carbons (Fsp3) is 0.237. The number of ether oxygens (including phenoxy) is 2. The van der Waals surface area contributed by atoms with Gasteiger partial charge in [-0.3, -0.25) is 19.9 Å². The van der Waals surface area contributed by atoms with Gasteiger partial charge < -0.3 is 14.7 Å². The van der Waals surface area contributed by atoms with Gasteiger partial charge in [0.15, 0.2) is 0 Å². The van der Waals surface area contributed by atoms with Crippen LogP contribution in [0, 0.1) is 0 Å². The predicted molar refractivity (Wildman–Crippen MR) is 181 cm³/mol. The van der Waals surface area contributed by atoms with Crippen LogP contribution in [0.25, 0.3) is 28.1 Å². The molecule has 0 bridgehead atoms. The van der Waals surface area contributed by atoms with Gasteiger partial charge in [0.1, 0.15) is 17.2 Å². The van der Waals surface area contributed by atoms with Crippen molar-refractivity contribution in [1.82, 2.24) is 20.1 Å². The third-order valence-corrected chi connectivity index (χ3v) is 8.90. The fourth-order valence-electron chi connectivity index (χ4n) is 6.30. The van der Waals surface area contributed by atoms with Crippen LogP contribution < -0.4 is 14.8 Å². The molecule has 0 radical (unpaired) electrons. The fourth-order valence-corrected chi connectivity index (χ4v) is 6.30. The second-order valence-electron chi connectivity index (χ2n) is 12.1. The number of rotatable bonds is 10. The van der Waals surface area contributed by atoms with E-state index in [0.29, 0.717) is 25.9 Å². The molecule has 3 heterocycles. The van der Waals surface area contributed by atoms with Crippen LogP contribution in [0.1, 0.15) is 55.2 Å². The lowest BCUT2D eigenvalue weighted by Gasteiger charge is -2.21. The Morgan fingerprint density at radius 3 is 2.44 bits per heavy atom. The second kappa shape index (κ2) is 13.5. The largest absolute Gasteiger partial charge is 0.493 e. The molecular formula is C38H35N5O5. The van der Waals surface area contributed by atoms with Crippen molar-refractivity contribution in [3.05, 3.63) is 114 Å². The Morgan fingerprint density at radius 1 is 0.917 bits per heavy atom. The summed E-state index contributed by atoms with van der Waals surface area (Å²) >= 11 is 0. The summed E-state index contributed by atoms with van der Waals surface area (Å²) in [5, 5.41) is 20.2. The van der Waals surface area contributed by atoms with Crippen molar-refractivity contribution in [3.8, 4) is 39.6 Å². The topological polar surface area (TPSA) is 128 Å². The molecule has 2 unspecified atom stereocenters. The molecule has 2 aromatic heterocycles. The van der Waals surface area contributed by atoms with Gasteiger partial charge in [0.2, 0.25) is 11.8 Å². The quantitative estimate of drug-likeness (QED) is 0.101. The summed E-state index contributed by atoms with van der Waals surface area (Å²) in [5.74, 6) is 0.704. The zero-order valence-electron chi connectivity index (χ0n) is 26.5. The number of oxime groups is 1. The summed E-state index contributed by atoms with van der Waals surface area (Å²) in [7, 11) is 0. The Bertz CT molecular complexity index is 1970. The zero-order valence-corrected chi connectivity index (χ0v) is 26.5. The predicted octanol–water partition coefficient (Wildman–Crippen LogP) is 6.48. The molecule has 2 atom stereocenters. The van der Waals surface area contributed by atoms with Crippen LogP contribution >= 0.6 is 0 Å². The lowest BCUT2D eigenvalue weighted by molar-refractivity contribution is -0.134. The molecule has 48 heavy (non-hydrogen) atoms. The van der Waals surface area contributed by atoms with Crippen LogP contribution in [-0.4, -0.2) is 50.2 Å². The van der Waals surface area contributed by atoms with Crippen LogP contribution in [0.2, 0.25) is 0 Å². The molecule has 242 valence electrons. The lowest BCUT2D eigenvalue weighted by atomic mass is 9.90. The molecule has 1 aliphatic carbocycles. The molecule has 1 aliphatic heterocycles. The van der Waals surface area contributed by atoms with E-state index in [4.69, 9.17) is 14.6 Å². The monoisotopic (exact) mass is 641 g/mol. The van der Waals surface area contributed by atoms with Gasteiger partial charge in [-0.2, -0.15) is 5.10 Å². The first-order chi connectivity index (χ1) is 23.4. The number of imide groups is 1. The van der Waals surface area contributed by atoms with E-state index in [0.717, 1.165) is 74.8 Å². The Labute approximate surface area is 278 Å². The Balaban J connectivity index is 0.991. The van der Waals surface area contributed by atoms with E-state index in [2.05, 4.69) is 27.6 Å². The number of carbonyl (C=O) groups is 2.